The number of aliphatic hydroxyl groups is 2. The third kappa shape index (κ3) is 4.81. The maximum Gasteiger partial charge on any atom is 0.259 e. The Hall–Kier alpha value is -2.84. The van der Waals surface area contributed by atoms with Crippen LogP contribution in [0.3, 0.4) is 0 Å². The number of benzene rings is 2. The van der Waals surface area contributed by atoms with Gasteiger partial charge in [0.15, 0.2) is 0 Å². The molecule has 1 aliphatic rings. The molecule has 2 amide bonds. The fourth-order valence-electron chi connectivity index (χ4n) is 4.48. The van der Waals surface area contributed by atoms with Gasteiger partial charge in [-0.1, -0.05) is 36.4 Å². The minimum atomic E-state index is -1.33. The highest BCUT2D eigenvalue weighted by atomic mass is 19.1. The van der Waals surface area contributed by atoms with Gasteiger partial charge in [0.1, 0.15) is 23.3 Å². The first-order valence-electron chi connectivity index (χ1n) is 10.5. The Morgan fingerprint density at radius 1 is 1.09 bits per heavy atom. The third-order valence-electron chi connectivity index (χ3n) is 6.36. The van der Waals surface area contributed by atoms with Crippen LogP contribution in [0.4, 0.5) is 8.78 Å². The summed E-state index contributed by atoms with van der Waals surface area (Å²) in [6.07, 6.45) is -1.65. The van der Waals surface area contributed by atoms with E-state index in [0.717, 1.165) is 22.6 Å². The Morgan fingerprint density at radius 3 is 2.31 bits per heavy atom. The number of nitrogens with one attached hydrogen (secondary N) is 1. The summed E-state index contributed by atoms with van der Waals surface area (Å²) in [6.45, 7) is 1.62. The molecule has 2 aromatic carbocycles. The predicted octanol–water partition coefficient (Wildman–Crippen LogP) is 2.39. The lowest BCUT2D eigenvalue weighted by atomic mass is 9.73. The van der Waals surface area contributed by atoms with Gasteiger partial charge in [-0.25, -0.2) is 8.78 Å². The highest BCUT2D eigenvalue weighted by molar-refractivity contribution is 5.94. The lowest BCUT2D eigenvalue weighted by Gasteiger charge is -2.39. The fraction of sp³-hybridized carbons (Fsp3) is 0.417. The van der Waals surface area contributed by atoms with Crippen LogP contribution in [0.2, 0.25) is 0 Å². The van der Waals surface area contributed by atoms with Crippen molar-refractivity contribution in [2.24, 2.45) is 0 Å². The molecule has 0 saturated heterocycles. The number of carbonyl (C=O) groups is 2. The van der Waals surface area contributed by atoms with Crippen molar-refractivity contribution in [1.29, 1.82) is 0 Å². The largest absolute Gasteiger partial charge is 0.390 e. The molecule has 3 rings (SSSR count). The van der Waals surface area contributed by atoms with Gasteiger partial charge in [0.05, 0.1) is 12.1 Å². The number of aliphatic hydroxyl groups excluding tert-OH is 2. The summed E-state index contributed by atoms with van der Waals surface area (Å²) in [6, 6.07) is 11.5. The van der Waals surface area contributed by atoms with Gasteiger partial charge in [-0.05, 0) is 37.0 Å². The molecular weight excluding hydrogens is 418 g/mol. The summed E-state index contributed by atoms with van der Waals surface area (Å²) in [7, 11) is 1.36. The van der Waals surface area contributed by atoms with Crippen molar-refractivity contribution in [3.8, 4) is 0 Å². The van der Waals surface area contributed by atoms with Crippen molar-refractivity contribution < 1.29 is 28.6 Å². The first-order valence-corrected chi connectivity index (χ1v) is 10.5. The smallest absolute Gasteiger partial charge is 0.259 e. The van der Waals surface area contributed by atoms with E-state index in [9.17, 15) is 28.6 Å². The van der Waals surface area contributed by atoms with Crippen LogP contribution in [0, 0.1) is 11.6 Å². The highest BCUT2D eigenvalue weighted by Crippen LogP contribution is 2.40. The molecule has 1 saturated carbocycles. The van der Waals surface area contributed by atoms with Crippen LogP contribution in [0.25, 0.3) is 0 Å². The van der Waals surface area contributed by atoms with Crippen LogP contribution >= 0.6 is 0 Å². The maximum absolute atomic E-state index is 14.3. The molecule has 0 radical (unpaired) electrons. The molecule has 1 fully saturated rings. The number of rotatable bonds is 5. The van der Waals surface area contributed by atoms with Crippen LogP contribution in [-0.2, 0) is 10.2 Å². The van der Waals surface area contributed by atoms with E-state index in [2.05, 4.69) is 5.32 Å². The first kappa shape index (κ1) is 23.8. The predicted molar refractivity (Wildman–Crippen MR) is 115 cm³/mol. The second-order valence-corrected chi connectivity index (χ2v) is 8.44. The Morgan fingerprint density at radius 2 is 1.72 bits per heavy atom. The summed E-state index contributed by atoms with van der Waals surface area (Å²) in [5, 5.41) is 24.3. The van der Waals surface area contributed by atoms with Gasteiger partial charge >= 0.3 is 0 Å². The van der Waals surface area contributed by atoms with Crippen LogP contribution in [-0.4, -0.2) is 58.8 Å². The molecule has 0 aromatic heterocycles. The minimum Gasteiger partial charge on any atom is -0.390 e. The Bertz CT molecular complexity index is 951. The molecule has 0 spiro atoms. The van der Waals surface area contributed by atoms with Crippen LogP contribution in [0.1, 0.15) is 42.1 Å². The summed E-state index contributed by atoms with van der Waals surface area (Å²) >= 11 is 0. The summed E-state index contributed by atoms with van der Waals surface area (Å²) in [4.78, 5) is 25.8. The SMILES string of the molecule is CC(=O)NC[C@@]1(c2ccccc2)CC[C@H](O)[C@H](O)[C@@H](N(C)C(=O)c2c(F)cccc2F)C1. The normalized spacial score (nSPS) is 25.6. The second-order valence-electron chi connectivity index (χ2n) is 8.44. The van der Waals surface area contributed by atoms with Gasteiger partial charge in [0, 0.05) is 25.9 Å². The zero-order valence-electron chi connectivity index (χ0n) is 18.1. The van der Waals surface area contributed by atoms with Crippen molar-refractivity contribution in [3.63, 3.8) is 0 Å². The Kier molecular flexibility index (Phi) is 7.26. The van der Waals surface area contributed by atoms with Gasteiger partial charge in [-0.2, -0.15) is 0 Å². The number of likely N-dealkylation sites (N-methyl/N-ethyl adjacent to an activating group) is 1. The van der Waals surface area contributed by atoms with E-state index >= 15 is 0 Å². The summed E-state index contributed by atoms with van der Waals surface area (Å²) in [5.74, 6) is -3.17. The van der Waals surface area contributed by atoms with E-state index in [-0.39, 0.29) is 25.3 Å². The number of hydrogen-bond donors (Lipinski definition) is 3. The molecule has 2 aromatic rings. The van der Waals surface area contributed by atoms with Crippen LogP contribution < -0.4 is 5.32 Å². The molecular formula is C24H28F2N2O4. The lowest BCUT2D eigenvalue weighted by molar-refractivity contribution is -0.119. The molecule has 0 aliphatic heterocycles. The monoisotopic (exact) mass is 446 g/mol. The molecule has 1 aliphatic carbocycles. The molecule has 8 heteroatoms. The average molecular weight is 446 g/mol. The van der Waals surface area contributed by atoms with Gasteiger partial charge in [-0.15, -0.1) is 0 Å². The summed E-state index contributed by atoms with van der Waals surface area (Å²) < 4.78 is 28.5. The molecule has 3 N–H and O–H groups in total. The zero-order valence-corrected chi connectivity index (χ0v) is 18.1. The molecule has 32 heavy (non-hydrogen) atoms. The number of hydrogen-bond acceptors (Lipinski definition) is 4. The molecule has 0 bridgehead atoms. The Labute approximate surface area is 185 Å². The van der Waals surface area contributed by atoms with E-state index in [1.807, 2.05) is 30.3 Å². The molecule has 6 nitrogen and oxygen atoms in total. The van der Waals surface area contributed by atoms with Crippen molar-refractivity contribution in [2.75, 3.05) is 13.6 Å². The standard InChI is InChI=1S/C24H28F2N2O4/c1-15(29)27-14-24(16-7-4-3-5-8-16)12-11-20(30)22(31)19(13-24)28(2)23(32)21-17(25)9-6-10-18(21)26/h3-10,19-20,22,30-31H,11-14H2,1-2H3,(H,27,29)/t19-,20-,22+,24+/m0/s1. The Balaban J connectivity index is 2.03. The lowest BCUT2D eigenvalue weighted by Crippen LogP contribution is -2.52. The van der Waals surface area contributed by atoms with E-state index in [4.69, 9.17) is 0 Å². The van der Waals surface area contributed by atoms with Crippen LogP contribution in [0.5, 0.6) is 0 Å². The first-order chi connectivity index (χ1) is 15.2. The van der Waals surface area contributed by atoms with E-state index < -0.39 is 46.8 Å². The quantitative estimate of drug-likeness (QED) is 0.616. The number of amides is 2. The van der Waals surface area contributed by atoms with Crippen molar-refractivity contribution >= 4 is 11.8 Å². The van der Waals surface area contributed by atoms with Crippen LogP contribution in [0.15, 0.2) is 48.5 Å². The molecule has 0 heterocycles. The molecule has 172 valence electrons. The second kappa shape index (κ2) is 9.75. The van der Waals surface area contributed by atoms with E-state index in [0.29, 0.717) is 6.42 Å². The third-order valence-corrected chi connectivity index (χ3v) is 6.36. The molecule has 4 atom stereocenters. The van der Waals surface area contributed by atoms with Crippen molar-refractivity contribution in [2.45, 2.75) is 49.9 Å². The number of carbonyl (C=O) groups excluding carboxylic acids is 2. The summed E-state index contributed by atoms with van der Waals surface area (Å²) in [5.41, 5.74) is -0.552. The molecule has 0 unspecified atom stereocenters. The minimum absolute atomic E-state index is 0.174. The maximum atomic E-state index is 14.3. The van der Waals surface area contributed by atoms with E-state index in [1.54, 1.807) is 0 Å². The van der Waals surface area contributed by atoms with Gasteiger partial charge in [-0.3, -0.25) is 9.59 Å². The van der Waals surface area contributed by atoms with Gasteiger partial charge < -0.3 is 20.4 Å². The zero-order chi connectivity index (χ0) is 23.5. The topological polar surface area (TPSA) is 89.9 Å². The fourth-order valence-corrected chi connectivity index (χ4v) is 4.48. The van der Waals surface area contributed by atoms with Crippen molar-refractivity contribution in [3.05, 3.63) is 71.3 Å². The van der Waals surface area contributed by atoms with Gasteiger partial charge in [0.25, 0.3) is 5.91 Å². The van der Waals surface area contributed by atoms with Gasteiger partial charge in [0.2, 0.25) is 5.91 Å². The van der Waals surface area contributed by atoms with E-state index in [1.165, 1.54) is 20.0 Å². The highest BCUT2D eigenvalue weighted by Gasteiger charge is 2.45. The average Bonchev–Trinajstić information content (AvgIpc) is 2.90. The number of nitrogens with zero attached hydrogens (tertiary/aromatic N) is 1. The van der Waals surface area contributed by atoms with Crippen molar-refractivity contribution in [1.82, 2.24) is 10.2 Å². The number of halogens is 2.